The third-order valence-electron chi connectivity index (χ3n) is 3.85. The lowest BCUT2D eigenvalue weighted by Crippen LogP contribution is -2.21. The SMILES string of the molecule is Cc1ccc(NC(=O)COC(=O)c2ccc3ccccc3c2O)c(Br)c1. The highest BCUT2D eigenvalue weighted by Gasteiger charge is 2.16. The first kappa shape index (κ1) is 17.9. The molecule has 0 aromatic heterocycles. The number of nitrogens with one attached hydrogen (secondary N) is 1. The Balaban J connectivity index is 1.67. The first-order chi connectivity index (χ1) is 12.5. The van der Waals surface area contributed by atoms with E-state index in [0.29, 0.717) is 11.1 Å². The van der Waals surface area contributed by atoms with Crippen molar-refractivity contribution in [2.45, 2.75) is 6.92 Å². The number of hydrogen-bond donors (Lipinski definition) is 2. The molecule has 0 aliphatic carbocycles. The number of aromatic hydroxyl groups is 1. The van der Waals surface area contributed by atoms with Crippen molar-refractivity contribution in [1.82, 2.24) is 0 Å². The standard InChI is InChI=1S/C20H16BrNO4/c1-12-6-9-17(16(21)10-12)22-18(23)11-26-20(25)15-8-7-13-4-2-3-5-14(13)19(15)24/h2-10,24H,11H2,1H3,(H,22,23). The largest absolute Gasteiger partial charge is 0.506 e. The molecule has 0 aliphatic heterocycles. The molecule has 3 rings (SSSR count). The zero-order chi connectivity index (χ0) is 18.7. The topological polar surface area (TPSA) is 75.6 Å². The summed E-state index contributed by atoms with van der Waals surface area (Å²) in [5.74, 6) is -1.38. The number of phenols is 1. The van der Waals surface area contributed by atoms with Gasteiger partial charge in [0.1, 0.15) is 11.3 Å². The normalized spacial score (nSPS) is 10.5. The minimum atomic E-state index is -0.758. The second-order valence-electron chi connectivity index (χ2n) is 5.79. The van der Waals surface area contributed by atoms with E-state index in [1.54, 1.807) is 24.3 Å². The maximum atomic E-state index is 12.2. The highest BCUT2D eigenvalue weighted by atomic mass is 79.9. The van der Waals surface area contributed by atoms with Crippen LogP contribution >= 0.6 is 15.9 Å². The van der Waals surface area contributed by atoms with E-state index in [0.717, 1.165) is 15.4 Å². The van der Waals surface area contributed by atoms with Gasteiger partial charge in [0.15, 0.2) is 6.61 Å². The van der Waals surface area contributed by atoms with Crippen LogP contribution in [0.4, 0.5) is 5.69 Å². The van der Waals surface area contributed by atoms with E-state index in [2.05, 4.69) is 21.2 Å². The first-order valence-electron chi connectivity index (χ1n) is 7.89. The Morgan fingerprint density at radius 1 is 1.12 bits per heavy atom. The zero-order valence-electron chi connectivity index (χ0n) is 14.0. The lowest BCUT2D eigenvalue weighted by molar-refractivity contribution is -0.119. The van der Waals surface area contributed by atoms with Gasteiger partial charge < -0.3 is 15.2 Å². The Bertz CT molecular complexity index is 1000. The molecule has 3 aromatic carbocycles. The molecule has 0 atom stereocenters. The summed E-state index contributed by atoms with van der Waals surface area (Å²) in [6.45, 7) is 1.49. The van der Waals surface area contributed by atoms with Crippen LogP contribution in [0, 0.1) is 6.92 Å². The van der Waals surface area contributed by atoms with Gasteiger partial charge in [-0.1, -0.05) is 36.4 Å². The van der Waals surface area contributed by atoms with Gasteiger partial charge in [-0.15, -0.1) is 0 Å². The molecule has 0 unspecified atom stereocenters. The predicted octanol–water partition coefficient (Wildman–Crippen LogP) is 4.41. The molecule has 0 aliphatic rings. The highest BCUT2D eigenvalue weighted by Crippen LogP contribution is 2.29. The number of halogens is 1. The number of carbonyl (C=O) groups excluding carboxylic acids is 2. The van der Waals surface area contributed by atoms with Gasteiger partial charge >= 0.3 is 5.97 Å². The fraction of sp³-hybridized carbons (Fsp3) is 0.100. The minimum absolute atomic E-state index is 0.0213. The summed E-state index contributed by atoms with van der Waals surface area (Å²) in [5.41, 5.74) is 1.66. The maximum absolute atomic E-state index is 12.2. The number of phenolic OH excluding ortho intramolecular Hbond substituents is 1. The number of amides is 1. The lowest BCUT2D eigenvalue weighted by Gasteiger charge is -2.10. The number of fused-ring (bicyclic) bond motifs is 1. The molecule has 6 heteroatoms. The number of carbonyl (C=O) groups is 2. The number of esters is 1. The predicted molar refractivity (Wildman–Crippen MR) is 103 cm³/mol. The number of aryl methyl sites for hydroxylation is 1. The monoisotopic (exact) mass is 413 g/mol. The second-order valence-corrected chi connectivity index (χ2v) is 6.64. The van der Waals surface area contributed by atoms with E-state index >= 15 is 0 Å². The van der Waals surface area contributed by atoms with E-state index in [-0.39, 0.29) is 11.3 Å². The van der Waals surface area contributed by atoms with Crippen LogP contribution in [-0.2, 0) is 9.53 Å². The molecule has 0 radical (unpaired) electrons. The van der Waals surface area contributed by atoms with Crippen molar-refractivity contribution in [2.24, 2.45) is 0 Å². The Labute approximate surface area is 158 Å². The fourth-order valence-electron chi connectivity index (χ4n) is 2.54. The van der Waals surface area contributed by atoms with Crippen molar-refractivity contribution in [2.75, 3.05) is 11.9 Å². The van der Waals surface area contributed by atoms with Gasteiger partial charge in [0.05, 0.1) is 5.69 Å². The first-order valence-corrected chi connectivity index (χ1v) is 8.69. The Morgan fingerprint density at radius 2 is 1.88 bits per heavy atom. The summed E-state index contributed by atoms with van der Waals surface area (Å²) >= 11 is 3.37. The number of hydrogen-bond acceptors (Lipinski definition) is 4. The third-order valence-corrected chi connectivity index (χ3v) is 4.51. The van der Waals surface area contributed by atoms with E-state index in [1.807, 2.05) is 31.2 Å². The van der Waals surface area contributed by atoms with Crippen molar-refractivity contribution in [3.8, 4) is 5.75 Å². The number of anilines is 1. The van der Waals surface area contributed by atoms with Gasteiger partial charge in [0, 0.05) is 9.86 Å². The van der Waals surface area contributed by atoms with E-state index in [9.17, 15) is 14.7 Å². The van der Waals surface area contributed by atoms with Crippen LogP contribution in [0.1, 0.15) is 15.9 Å². The van der Waals surface area contributed by atoms with Crippen molar-refractivity contribution in [3.05, 3.63) is 70.2 Å². The molecule has 3 aromatic rings. The molecule has 0 spiro atoms. The minimum Gasteiger partial charge on any atom is -0.506 e. The van der Waals surface area contributed by atoms with Crippen LogP contribution < -0.4 is 5.32 Å². The van der Waals surface area contributed by atoms with E-state index in [1.165, 1.54) is 6.07 Å². The molecule has 2 N–H and O–H groups in total. The molecule has 0 saturated carbocycles. The molecule has 0 heterocycles. The quantitative estimate of drug-likeness (QED) is 0.621. The second kappa shape index (κ2) is 7.58. The Morgan fingerprint density at radius 3 is 2.65 bits per heavy atom. The molecular weight excluding hydrogens is 398 g/mol. The highest BCUT2D eigenvalue weighted by molar-refractivity contribution is 9.10. The number of benzene rings is 3. The smallest absolute Gasteiger partial charge is 0.342 e. The van der Waals surface area contributed by atoms with Crippen molar-refractivity contribution in [3.63, 3.8) is 0 Å². The molecule has 132 valence electrons. The number of ether oxygens (including phenoxy) is 1. The Hall–Kier alpha value is -2.86. The Kier molecular flexibility index (Phi) is 5.23. The van der Waals surface area contributed by atoms with Gasteiger partial charge in [-0.3, -0.25) is 4.79 Å². The van der Waals surface area contributed by atoms with Crippen molar-refractivity contribution in [1.29, 1.82) is 0 Å². The summed E-state index contributed by atoms with van der Waals surface area (Å²) in [6, 6.07) is 15.8. The summed E-state index contributed by atoms with van der Waals surface area (Å²) < 4.78 is 5.77. The molecule has 0 saturated heterocycles. The van der Waals surface area contributed by atoms with Gasteiger partial charge in [-0.2, -0.15) is 0 Å². The molecule has 0 fully saturated rings. The van der Waals surface area contributed by atoms with Gasteiger partial charge in [-0.05, 0) is 52.0 Å². The van der Waals surface area contributed by atoms with Gasteiger partial charge in [0.25, 0.3) is 5.91 Å². The van der Waals surface area contributed by atoms with Crippen molar-refractivity contribution < 1.29 is 19.4 Å². The van der Waals surface area contributed by atoms with Crippen LogP contribution in [0.5, 0.6) is 5.75 Å². The van der Waals surface area contributed by atoms with Gasteiger partial charge in [0.2, 0.25) is 0 Å². The van der Waals surface area contributed by atoms with Gasteiger partial charge in [-0.25, -0.2) is 4.79 Å². The van der Waals surface area contributed by atoms with Crippen LogP contribution in [0.15, 0.2) is 59.1 Å². The summed E-state index contributed by atoms with van der Waals surface area (Å²) in [4.78, 5) is 24.2. The molecule has 1 amide bonds. The maximum Gasteiger partial charge on any atom is 0.342 e. The molecule has 5 nitrogen and oxygen atoms in total. The average Bonchev–Trinajstić information content (AvgIpc) is 2.62. The third kappa shape index (κ3) is 3.86. The van der Waals surface area contributed by atoms with Crippen LogP contribution in [0.2, 0.25) is 0 Å². The average molecular weight is 414 g/mol. The van der Waals surface area contributed by atoms with Crippen molar-refractivity contribution >= 4 is 44.3 Å². The summed E-state index contributed by atoms with van der Waals surface area (Å²) in [7, 11) is 0. The lowest BCUT2D eigenvalue weighted by atomic mass is 10.1. The van der Waals surface area contributed by atoms with Crippen LogP contribution in [0.25, 0.3) is 10.8 Å². The molecular formula is C20H16BrNO4. The van der Waals surface area contributed by atoms with Crippen LogP contribution in [0.3, 0.4) is 0 Å². The molecule has 26 heavy (non-hydrogen) atoms. The summed E-state index contributed by atoms with van der Waals surface area (Å²) in [6.07, 6.45) is 0. The molecule has 0 bridgehead atoms. The summed E-state index contributed by atoms with van der Waals surface area (Å²) in [5, 5.41) is 14.3. The number of rotatable bonds is 4. The van der Waals surface area contributed by atoms with Crippen LogP contribution in [-0.4, -0.2) is 23.6 Å². The van der Waals surface area contributed by atoms with E-state index < -0.39 is 18.5 Å². The van der Waals surface area contributed by atoms with E-state index in [4.69, 9.17) is 4.74 Å². The fourth-order valence-corrected chi connectivity index (χ4v) is 3.13. The zero-order valence-corrected chi connectivity index (χ0v) is 15.5.